The van der Waals surface area contributed by atoms with Crippen LogP contribution in [0.25, 0.3) is 0 Å². The zero-order valence-corrected chi connectivity index (χ0v) is 7.95. The van der Waals surface area contributed by atoms with Crippen LogP contribution in [0.4, 0.5) is 4.79 Å². The average Bonchev–Trinajstić information content (AvgIpc) is 2.71. The number of nitrogens with zero attached hydrogens (tertiary/aromatic N) is 1. The van der Waals surface area contributed by atoms with Gasteiger partial charge in [-0.25, -0.2) is 4.79 Å². The molecular weight excluding hydrogens is 212 g/mol. The summed E-state index contributed by atoms with van der Waals surface area (Å²) in [5.74, 6) is 0.392. The molecule has 0 bridgehead atoms. The number of hydrogen-bond acceptors (Lipinski definition) is 5. The predicted octanol–water partition coefficient (Wildman–Crippen LogP) is 0.584. The lowest BCUT2D eigenvalue weighted by atomic mass is 10.4. The van der Waals surface area contributed by atoms with Crippen LogP contribution in [0.3, 0.4) is 0 Å². The van der Waals surface area contributed by atoms with Crippen LogP contribution in [0.1, 0.15) is 0 Å². The molecule has 0 spiro atoms. The van der Waals surface area contributed by atoms with Crippen LogP contribution in [0.15, 0.2) is 16.9 Å². The Kier molecular flexibility index (Phi) is 3.58. The van der Waals surface area contributed by atoms with E-state index in [1.807, 2.05) is 0 Å². The van der Waals surface area contributed by atoms with E-state index >= 15 is 0 Å². The number of cyclic esters (lactones) is 1. The topological polar surface area (TPSA) is 73.6 Å². The molecule has 1 aromatic rings. The molecule has 0 saturated carbocycles. The molecule has 2 rings (SSSR count). The van der Waals surface area contributed by atoms with Crippen LogP contribution in [-0.2, 0) is 4.74 Å². The molecule has 1 atom stereocenters. The molecule has 2 heterocycles. The molecule has 78 valence electrons. The van der Waals surface area contributed by atoms with Crippen LogP contribution < -0.4 is 10.1 Å². The molecule has 1 saturated heterocycles. The Balaban J connectivity index is 0.000000980. The minimum Gasteiger partial charge on any atom is -0.471 e. The van der Waals surface area contributed by atoms with Crippen molar-refractivity contribution in [2.45, 2.75) is 6.10 Å². The summed E-state index contributed by atoms with van der Waals surface area (Å²) in [4.78, 5) is 10.6. The third-order valence-corrected chi connectivity index (χ3v) is 1.58. The Morgan fingerprint density at radius 3 is 3.14 bits per heavy atom. The van der Waals surface area contributed by atoms with E-state index in [4.69, 9.17) is 9.47 Å². The van der Waals surface area contributed by atoms with E-state index in [1.54, 1.807) is 6.07 Å². The van der Waals surface area contributed by atoms with Gasteiger partial charge >= 0.3 is 6.09 Å². The highest BCUT2D eigenvalue weighted by Crippen LogP contribution is 2.07. The fraction of sp³-hybridized carbons (Fsp3) is 0.429. The first kappa shape index (κ1) is 10.6. The first-order valence-electron chi connectivity index (χ1n) is 3.82. The van der Waals surface area contributed by atoms with Crippen molar-refractivity contribution in [2.24, 2.45) is 0 Å². The van der Waals surface area contributed by atoms with Gasteiger partial charge in [0.15, 0.2) is 6.10 Å². The SMILES string of the molecule is Cl.O=C1NCC(COc2ccon2)O1. The number of carbonyl (C=O) groups excluding carboxylic acids is 1. The molecule has 0 aliphatic carbocycles. The van der Waals surface area contributed by atoms with Crippen molar-refractivity contribution in [3.63, 3.8) is 0 Å². The number of carbonyl (C=O) groups is 1. The Labute approximate surface area is 85.9 Å². The minimum absolute atomic E-state index is 0. The highest BCUT2D eigenvalue weighted by atomic mass is 35.5. The normalized spacial score (nSPS) is 19.4. The van der Waals surface area contributed by atoms with Gasteiger partial charge in [-0.15, -0.1) is 12.4 Å². The van der Waals surface area contributed by atoms with E-state index in [0.717, 1.165) is 0 Å². The van der Waals surface area contributed by atoms with Gasteiger partial charge in [0.1, 0.15) is 12.9 Å². The number of amides is 1. The molecule has 1 fully saturated rings. The van der Waals surface area contributed by atoms with Gasteiger partial charge < -0.3 is 19.3 Å². The van der Waals surface area contributed by atoms with Crippen molar-refractivity contribution in [3.8, 4) is 5.88 Å². The molecule has 0 radical (unpaired) electrons. The Hall–Kier alpha value is -1.43. The average molecular weight is 221 g/mol. The molecule has 0 aromatic carbocycles. The second kappa shape index (κ2) is 4.71. The van der Waals surface area contributed by atoms with E-state index in [9.17, 15) is 4.79 Å². The highest BCUT2D eigenvalue weighted by Gasteiger charge is 2.23. The Bertz CT molecular complexity index is 290. The number of halogens is 1. The van der Waals surface area contributed by atoms with Crippen molar-refractivity contribution < 1.29 is 18.8 Å². The summed E-state index contributed by atoms with van der Waals surface area (Å²) in [5, 5.41) is 6.05. The molecule has 1 aromatic heterocycles. The van der Waals surface area contributed by atoms with Crippen molar-refractivity contribution in [1.29, 1.82) is 0 Å². The van der Waals surface area contributed by atoms with E-state index in [2.05, 4.69) is 15.0 Å². The van der Waals surface area contributed by atoms with Gasteiger partial charge in [-0.2, -0.15) is 0 Å². The second-order valence-corrected chi connectivity index (χ2v) is 2.56. The lowest BCUT2D eigenvalue weighted by Gasteiger charge is -2.06. The molecule has 1 N–H and O–H groups in total. The molecule has 1 amide bonds. The molecule has 7 heteroatoms. The maximum absolute atomic E-state index is 10.6. The standard InChI is InChI=1S/C7H8N2O4.ClH/c10-7-8-3-5(13-7)4-11-6-1-2-12-9-6;/h1-2,5H,3-4H2,(H,8,10);1H. The largest absolute Gasteiger partial charge is 0.471 e. The van der Waals surface area contributed by atoms with Crippen LogP contribution in [0.2, 0.25) is 0 Å². The summed E-state index contributed by atoms with van der Waals surface area (Å²) in [6.45, 7) is 0.752. The zero-order chi connectivity index (χ0) is 9.10. The fourth-order valence-corrected chi connectivity index (χ4v) is 0.979. The summed E-state index contributed by atoms with van der Waals surface area (Å²) in [6.07, 6.45) is 0.756. The number of rotatable bonds is 3. The third kappa shape index (κ3) is 2.53. The lowest BCUT2D eigenvalue weighted by Crippen LogP contribution is -2.21. The van der Waals surface area contributed by atoms with Crippen molar-refractivity contribution in [1.82, 2.24) is 10.5 Å². The molecule has 6 nitrogen and oxygen atoms in total. The zero-order valence-electron chi connectivity index (χ0n) is 7.13. The molecule has 14 heavy (non-hydrogen) atoms. The summed E-state index contributed by atoms with van der Waals surface area (Å²) in [6, 6.07) is 1.59. The summed E-state index contributed by atoms with van der Waals surface area (Å²) < 4.78 is 14.5. The van der Waals surface area contributed by atoms with Crippen LogP contribution >= 0.6 is 12.4 Å². The smallest absolute Gasteiger partial charge is 0.407 e. The summed E-state index contributed by atoms with van der Waals surface area (Å²) in [5.41, 5.74) is 0. The Morgan fingerprint density at radius 2 is 2.57 bits per heavy atom. The number of aromatic nitrogens is 1. The van der Waals surface area contributed by atoms with Crippen LogP contribution in [0.5, 0.6) is 5.88 Å². The molecule has 1 aliphatic rings. The van der Waals surface area contributed by atoms with Crippen molar-refractivity contribution in [3.05, 3.63) is 12.3 Å². The van der Waals surface area contributed by atoms with E-state index in [0.29, 0.717) is 12.4 Å². The number of alkyl carbamates (subject to hydrolysis) is 1. The minimum atomic E-state index is -0.409. The van der Waals surface area contributed by atoms with Crippen molar-refractivity contribution >= 4 is 18.5 Å². The maximum atomic E-state index is 10.6. The Morgan fingerprint density at radius 1 is 1.71 bits per heavy atom. The summed E-state index contributed by atoms with van der Waals surface area (Å²) >= 11 is 0. The van der Waals surface area contributed by atoms with Gasteiger partial charge in [-0.3, -0.25) is 0 Å². The highest BCUT2D eigenvalue weighted by molar-refractivity contribution is 5.85. The van der Waals surface area contributed by atoms with E-state index in [-0.39, 0.29) is 25.1 Å². The van der Waals surface area contributed by atoms with Crippen LogP contribution in [0, 0.1) is 0 Å². The number of hydrogen-bond donors (Lipinski definition) is 1. The molecular formula is C7H9ClN2O4. The molecule has 1 unspecified atom stereocenters. The van der Waals surface area contributed by atoms with Gasteiger partial charge in [-0.05, 0) is 5.16 Å². The predicted molar refractivity (Wildman–Crippen MR) is 47.5 cm³/mol. The quantitative estimate of drug-likeness (QED) is 0.807. The van der Waals surface area contributed by atoms with Gasteiger partial charge in [0.25, 0.3) is 5.88 Å². The van der Waals surface area contributed by atoms with Gasteiger partial charge in [0.2, 0.25) is 0 Å². The van der Waals surface area contributed by atoms with E-state index in [1.165, 1.54) is 6.26 Å². The van der Waals surface area contributed by atoms with Crippen LogP contribution in [-0.4, -0.2) is 30.5 Å². The van der Waals surface area contributed by atoms with E-state index < -0.39 is 6.09 Å². The molecule has 1 aliphatic heterocycles. The van der Waals surface area contributed by atoms with Gasteiger partial charge in [-0.1, -0.05) is 0 Å². The maximum Gasteiger partial charge on any atom is 0.407 e. The number of nitrogens with one attached hydrogen (secondary N) is 1. The first-order valence-corrected chi connectivity index (χ1v) is 3.82. The van der Waals surface area contributed by atoms with Crippen molar-refractivity contribution in [2.75, 3.05) is 13.2 Å². The monoisotopic (exact) mass is 220 g/mol. The second-order valence-electron chi connectivity index (χ2n) is 2.56. The number of ether oxygens (including phenoxy) is 2. The fourth-order valence-electron chi connectivity index (χ4n) is 0.979. The van der Waals surface area contributed by atoms with Gasteiger partial charge in [0, 0.05) is 6.07 Å². The summed E-state index contributed by atoms with van der Waals surface area (Å²) in [7, 11) is 0. The first-order chi connectivity index (χ1) is 6.34. The lowest BCUT2D eigenvalue weighted by molar-refractivity contribution is 0.101. The van der Waals surface area contributed by atoms with Gasteiger partial charge in [0.05, 0.1) is 6.54 Å². The third-order valence-electron chi connectivity index (χ3n) is 1.58.